The lowest BCUT2D eigenvalue weighted by Gasteiger charge is -2.40. The minimum Gasteiger partial charge on any atom is -0.874 e. The Balaban J connectivity index is 1.09. The number of hydrogen-bond acceptors (Lipinski definition) is 3. The highest BCUT2D eigenvalue weighted by Gasteiger charge is 2.38. The molecule has 0 bridgehead atoms. The number of carbonyl (C=O) groups excluding carboxylic acids is 1. The molecule has 236 valence electrons. The van der Waals surface area contributed by atoms with E-state index in [2.05, 4.69) is 119 Å². The average Bonchev–Trinajstić information content (AvgIpc) is 3.14. The Morgan fingerprint density at radius 1 is 0.562 bits per heavy atom. The van der Waals surface area contributed by atoms with Gasteiger partial charge in [0.05, 0.1) is 0 Å². The van der Waals surface area contributed by atoms with Crippen molar-refractivity contribution < 1.29 is 14.5 Å². The fraction of sp³-hybridized carbons (Fsp3) is 0.136. The number of ketones is 1. The lowest BCUT2D eigenvalue weighted by molar-refractivity contribution is -0.558. The Morgan fingerprint density at radius 3 is 1.44 bits per heavy atom. The first-order valence-electron chi connectivity index (χ1n) is 16.6. The van der Waals surface area contributed by atoms with Crippen molar-refractivity contribution in [2.45, 2.75) is 26.2 Å². The molecule has 48 heavy (non-hydrogen) atoms. The molecule has 4 nitrogen and oxygen atoms in total. The molecule has 0 spiro atoms. The summed E-state index contributed by atoms with van der Waals surface area (Å²) in [4.78, 5) is 15.8. The molecule has 0 saturated heterocycles. The molecule has 0 amide bonds. The Morgan fingerprint density at radius 2 is 1.00 bits per heavy atom. The number of nitrogens with zero attached hydrogens (tertiary/aromatic N) is 2. The van der Waals surface area contributed by atoms with E-state index in [1.54, 1.807) is 0 Å². The van der Waals surface area contributed by atoms with Crippen LogP contribution in [-0.4, -0.2) is 16.1 Å². The van der Waals surface area contributed by atoms with Crippen LogP contribution in [0.1, 0.15) is 27.8 Å². The molecule has 0 aromatic heterocycles. The summed E-state index contributed by atoms with van der Waals surface area (Å²) in [5.74, 6) is -1.07. The molecule has 4 heteroatoms. The van der Waals surface area contributed by atoms with Gasteiger partial charge in [-0.2, -0.15) is 0 Å². The van der Waals surface area contributed by atoms with E-state index >= 15 is 0 Å². The first kappa shape index (κ1) is 30.9. The van der Waals surface area contributed by atoms with Gasteiger partial charge in [-0.3, -0.25) is 4.79 Å². The maximum atomic E-state index is 13.5. The second-order valence-electron chi connectivity index (χ2n) is 12.5. The van der Waals surface area contributed by atoms with E-state index in [4.69, 9.17) is 0 Å². The molecule has 0 fully saturated rings. The van der Waals surface area contributed by atoms with Crippen LogP contribution in [0.5, 0.6) is 0 Å². The maximum absolute atomic E-state index is 13.5. The first-order valence-corrected chi connectivity index (χ1v) is 16.6. The number of benzene rings is 5. The third-order valence-corrected chi connectivity index (χ3v) is 9.17. The number of carbonyl (C=O) groups is 1. The molecule has 0 saturated carbocycles. The minimum atomic E-state index is -0.668. The van der Waals surface area contributed by atoms with Crippen molar-refractivity contribution in [2.75, 3.05) is 4.90 Å². The molecule has 1 atom stereocenters. The van der Waals surface area contributed by atoms with Gasteiger partial charge in [-0.15, -0.1) is 5.76 Å². The molecule has 5 aromatic carbocycles. The van der Waals surface area contributed by atoms with Crippen molar-refractivity contribution in [1.82, 2.24) is 0 Å². The number of anilines is 1. The van der Waals surface area contributed by atoms with Gasteiger partial charge in [-0.25, -0.2) is 4.58 Å². The monoisotopic (exact) mass is 626 g/mol. The van der Waals surface area contributed by atoms with Gasteiger partial charge >= 0.3 is 0 Å². The van der Waals surface area contributed by atoms with Crippen molar-refractivity contribution in [3.8, 4) is 0 Å². The Hall–Kier alpha value is -5.74. The summed E-state index contributed by atoms with van der Waals surface area (Å²) in [5.41, 5.74) is 8.00. The van der Waals surface area contributed by atoms with Crippen molar-refractivity contribution in [3.05, 3.63) is 203 Å². The first-order chi connectivity index (χ1) is 23.6. The van der Waals surface area contributed by atoms with Crippen LogP contribution in [0.25, 0.3) is 5.57 Å². The molecular formula is C44H38N2O2. The van der Waals surface area contributed by atoms with Gasteiger partial charge in [0.25, 0.3) is 0 Å². The zero-order chi connectivity index (χ0) is 32.7. The van der Waals surface area contributed by atoms with E-state index in [1.807, 2.05) is 60.7 Å². The highest BCUT2D eigenvalue weighted by molar-refractivity contribution is 6.29. The molecule has 0 heterocycles. The number of rotatable bonds is 11. The second kappa shape index (κ2) is 14.4. The average molecular weight is 627 g/mol. The highest BCUT2D eigenvalue weighted by atomic mass is 16.3. The van der Waals surface area contributed by atoms with E-state index in [-0.39, 0.29) is 17.5 Å². The number of Topliss-reactive ketones (excluding diaryl/α,β-unsaturated/α-hetero) is 1. The number of allylic oxidation sites excluding steroid dienone is 6. The van der Waals surface area contributed by atoms with E-state index in [9.17, 15) is 9.90 Å². The molecule has 2 aliphatic carbocycles. The molecule has 1 unspecified atom stereocenters. The smallest absolute Gasteiger partial charge is 0.199 e. The van der Waals surface area contributed by atoms with Crippen LogP contribution in [0.2, 0.25) is 0 Å². The highest BCUT2D eigenvalue weighted by Crippen LogP contribution is 2.41. The summed E-state index contributed by atoms with van der Waals surface area (Å²) >= 11 is 0. The van der Waals surface area contributed by atoms with Crippen molar-refractivity contribution in [3.63, 3.8) is 0 Å². The summed E-state index contributed by atoms with van der Waals surface area (Å²) < 4.78 is 2.33. The summed E-state index contributed by atoms with van der Waals surface area (Å²) in [6, 6.07) is 49.5. The summed E-state index contributed by atoms with van der Waals surface area (Å²) in [6.45, 7) is 3.01. The van der Waals surface area contributed by atoms with E-state index in [0.29, 0.717) is 11.1 Å². The van der Waals surface area contributed by atoms with Crippen molar-refractivity contribution >= 4 is 22.8 Å². The Labute approximate surface area is 283 Å². The molecule has 0 N–H and O–H groups in total. The lowest BCUT2D eigenvalue weighted by atomic mass is 9.71. The molecule has 0 aliphatic heterocycles. The van der Waals surface area contributed by atoms with Crippen LogP contribution >= 0.6 is 0 Å². The third kappa shape index (κ3) is 6.98. The van der Waals surface area contributed by atoms with Gasteiger partial charge in [0.1, 0.15) is 0 Å². The van der Waals surface area contributed by atoms with Gasteiger partial charge in [0.2, 0.25) is 0 Å². The molecule has 0 radical (unpaired) electrons. The normalized spacial score (nSPS) is 16.9. The third-order valence-electron chi connectivity index (χ3n) is 9.17. The molecular weight excluding hydrogens is 588 g/mol. The summed E-state index contributed by atoms with van der Waals surface area (Å²) in [5, 5.41) is 13.5. The van der Waals surface area contributed by atoms with E-state index in [1.165, 1.54) is 22.3 Å². The molecule has 7 rings (SSSR count). The number of hydrogen-bond donors (Lipinski definition) is 0. The van der Waals surface area contributed by atoms with Gasteiger partial charge in [-0.1, -0.05) is 146 Å². The topological polar surface area (TPSA) is 46.4 Å². The summed E-state index contributed by atoms with van der Waals surface area (Å²) in [7, 11) is 0. The summed E-state index contributed by atoms with van der Waals surface area (Å²) in [6.07, 6.45) is 8.17. The standard InChI is InChI=1S/C44H38N2O2/c47-43-41(37-21-25-39(26-22-37)45(29-33-13-5-1-6-14-33)30-34-15-7-2-8-16-34)44(48)42(43)38-23-27-40(28-24-38)46(31-35-17-9-3-10-18-35)32-36-19-11-4-12-20-36/h1-28,37,41H,29-32H2. The SMILES string of the molecule is O=C1C(c2ccc(N(Cc3ccccc3)Cc3ccccc3)cc2)=C([O-])C1C1C=CC(=[N+](Cc2ccccc2)Cc2ccccc2)C=C1. The Bertz CT molecular complexity index is 1880. The van der Waals surface area contributed by atoms with Crippen LogP contribution in [0.3, 0.4) is 0 Å². The minimum absolute atomic E-state index is 0.0774. The second-order valence-corrected chi connectivity index (χ2v) is 12.5. The largest absolute Gasteiger partial charge is 0.874 e. The van der Waals surface area contributed by atoms with Crippen molar-refractivity contribution in [2.24, 2.45) is 11.8 Å². The predicted molar refractivity (Wildman–Crippen MR) is 192 cm³/mol. The fourth-order valence-electron chi connectivity index (χ4n) is 6.61. The quantitative estimate of drug-likeness (QED) is 0.141. The molecule has 2 aliphatic rings. The fourth-order valence-corrected chi connectivity index (χ4v) is 6.61. The van der Waals surface area contributed by atoms with Crippen molar-refractivity contribution in [1.29, 1.82) is 0 Å². The predicted octanol–water partition coefficient (Wildman–Crippen LogP) is 7.76. The van der Waals surface area contributed by atoms with Gasteiger partial charge in [0.15, 0.2) is 24.6 Å². The van der Waals surface area contributed by atoms with Crippen LogP contribution in [-0.2, 0) is 31.0 Å². The van der Waals surface area contributed by atoms with E-state index in [0.717, 1.165) is 37.6 Å². The van der Waals surface area contributed by atoms with Gasteiger partial charge < -0.3 is 10.0 Å². The zero-order valence-electron chi connectivity index (χ0n) is 26.9. The lowest BCUT2D eigenvalue weighted by Crippen LogP contribution is -2.41. The van der Waals surface area contributed by atoms with Crippen LogP contribution in [0, 0.1) is 11.8 Å². The van der Waals surface area contributed by atoms with Gasteiger partial charge in [-0.05, 0) is 28.8 Å². The zero-order valence-corrected chi connectivity index (χ0v) is 26.9. The van der Waals surface area contributed by atoms with Gasteiger partial charge in [0, 0.05) is 59.5 Å². The van der Waals surface area contributed by atoms with Crippen LogP contribution in [0.15, 0.2) is 176 Å². The molecule has 5 aromatic rings. The van der Waals surface area contributed by atoms with Crippen LogP contribution in [0.4, 0.5) is 5.69 Å². The van der Waals surface area contributed by atoms with E-state index < -0.39 is 5.92 Å². The van der Waals surface area contributed by atoms with Crippen LogP contribution < -0.4 is 10.0 Å². The Kier molecular flexibility index (Phi) is 9.24. The maximum Gasteiger partial charge on any atom is 0.199 e.